The van der Waals surface area contributed by atoms with E-state index in [2.05, 4.69) is 27.8 Å². The molecular formula is C9H12BrNO. The van der Waals surface area contributed by atoms with Gasteiger partial charge in [-0.1, -0.05) is 22.9 Å². The number of methoxy groups -OCH3 is 1. The van der Waals surface area contributed by atoms with Gasteiger partial charge in [-0.05, 0) is 18.1 Å². The molecule has 1 rings (SSSR count). The Morgan fingerprint density at radius 3 is 2.92 bits per heavy atom. The average Bonchev–Trinajstić information content (AvgIpc) is 2.03. The minimum Gasteiger partial charge on any atom is -0.495 e. The number of hydrogen-bond donors (Lipinski definition) is 0. The summed E-state index contributed by atoms with van der Waals surface area (Å²) in [5.41, 5.74) is 1.19. The van der Waals surface area contributed by atoms with E-state index >= 15 is 0 Å². The number of pyridine rings is 1. The van der Waals surface area contributed by atoms with Gasteiger partial charge in [-0.2, -0.15) is 0 Å². The highest BCUT2D eigenvalue weighted by molar-refractivity contribution is 9.09. The van der Waals surface area contributed by atoms with Crippen LogP contribution < -0.4 is 4.74 Å². The van der Waals surface area contributed by atoms with Crippen molar-refractivity contribution in [3.05, 3.63) is 24.0 Å². The van der Waals surface area contributed by atoms with E-state index in [-0.39, 0.29) is 0 Å². The Bertz CT molecular complexity index is 250. The van der Waals surface area contributed by atoms with Crippen LogP contribution in [0.5, 0.6) is 5.75 Å². The van der Waals surface area contributed by atoms with Crippen LogP contribution in [0.15, 0.2) is 18.5 Å². The highest BCUT2D eigenvalue weighted by Crippen LogP contribution is 2.14. The molecule has 0 spiro atoms. The molecule has 0 fully saturated rings. The topological polar surface area (TPSA) is 22.1 Å². The van der Waals surface area contributed by atoms with Gasteiger partial charge < -0.3 is 4.74 Å². The lowest BCUT2D eigenvalue weighted by atomic mass is 10.2. The second-order valence-electron chi connectivity index (χ2n) is 2.72. The molecule has 0 bridgehead atoms. The smallest absolute Gasteiger partial charge is 0.137 e. The van der Waals surface area contributed by atoms with Crippen LogP contribution in [0.25, 0.3) is 0 Å². The van der Waals surface area contributed by atoms with Gasteiger partial charge in [-0.25, -0.2) is 0 Å². The molecule has 0 aromatic carbocycles. The van der Waals surface area contributed by atoms with Crippen LogP contribution >= 0.6 is 15.9 Å². The number of rotatable bonds is 3. The Balaban J connectivity index is 2.72. The molecule has 0 aliphatic rings. The molecule has 3 heteroatoms. The predicted octanol–water partition coefficient (Wildman–Crippen LogP) is 2.42. The van der Waals surface area contributed by atoms with E-state index < -0.39 is 0 Å². The molecule has 0 saturated carbocycles. The van der Waals surface area contributed by atoms with Crippen molar-refractivity contribution in [1.29, 1.82) is 0 Å². The molecule has 12 heavy (non-hydrogen) atoms. The van der Waals surface area contributed by atoms with Crippen LogP contribution in [0.1, 0.15) is 12.5 Å². The Kier molecular flexibility index (Phi) is 3.53. The van der Waals surface area contributed by atoms with Crippen LogP contribution in [-0.4, -0.2) is 16.9 Å². The number of alkyl halides is 1. The van der Waals surface area contributed by atoms with E-state index in [0.717, 1.165) is 12.2 Å². The highest BCUT2D eigenvalue weighted by Gasteiger charge is 2.00. The average molecular weight is 230 g/mol. The molecule has 0 amide bonds. The number of halogens is 1. The third-order valence-electron chi connectivity index (χ3n) is 1.52. The zero-order chi connectivity index (χ0) is 8.97. The lowest BCUT2D eigenvalue weighted by Crippen LogP contribution is -1.97. The first-order valence-electron chi connectivity index (χ1n) is 3.84. The van der Waals surface area contributed by atoms with E-state index in [4.69, 9.17) is 4.74 Å². The number of ether oxygens (including phenoxy) is 1. The summed E-state index contributed by atoms with van der Waals surface area (Å²) in [6.45, 7) is 2.11. The zero-order valence-electron chi connectivity index (χ0n) is 7.25. The Morgan fingerprint density at radius 1 is 1.58 bits per heavy atom. The number of aromatic nitrogens is 1. The summed E-state index contributed by atoms with van der Waals surface area (Å²) >= 11 is 3.49. The molecule has 1 heterocycles. The molecule has 1 atom stereocenters. The summed E-state index contributed by atoms with van der Waals surface area (Å²) in [5, 5.41) is 0. The second kappa shape index (κ2) is 4.45. The van der Waals surface area contributed by atoms with Gasteiger partial charge in [0.1, 0.15) is 5.75 Å². The summed E-state index contributed by atoms with van der Waals surface area (Å²) in [4.78, 5) is 4.54. The maximum atomic E-state index is 5.06. The first-order chi connectivity index (χ1) is 5.72. The van der Waals surface area contributed by atoms with Crippen molar-refractivity contribution in [1.82, 2.24) is 4.98 Å². The minimum absolute atomic E-state index is 0.478. The van der Waals surface area contributed by atoms with Gasteiger partial charge in [0.2, 0.25) is 0 Å². The standard InChI is InChI=1S/C9H12BrNO/c1-7(10)3-8-4-9(12-2)6-11-5-8/h4-7H,3H2,1-2H3. The summed E-state index contributed by atoms with van der Waals surface area (Å²) in [7, 11) is 1.65. The van der Waals surface area contributed by atoms with Gasteiger partial charge >= 0.3 is 0 Å². The van der Waals surface area contributed by atoms with Gasteiger partial charge in [-0.15, -0.1) is 0 Å². The molecule has 0 saturated heterocycles. The van der Waals surface area contributed by atoms with Crippen LogP contribution in [0.2, 0.25) is 0 Å². The van der Waals surface area contributed by atoms with Crippen LogP contribution in [0, 0.1) is 0 Å². The summed E-state index contributed by atoms with van der Waals surface area (Å²) in [6.07, 6.45) is 4.55. The maximum Gasteiger partial charge on any atom is 0.137 e. The van der Waals surface area contributed by atoms with Crippen molar-refractivity contribution in [3.63, 3.8) is 0 Å². The zero-order valence-corrected chi connectivity index (χ0v) is 8.84. The quantitative estimate of drug-likeness (QED) is 0.744. The van der Waals surface area contributed by atoms with Gasteiger partial charge in [0.05, 0.1) is 13.3 Å². The molecule has 0 aliphatic heterocycles. The van der Waals surface area contributed by atoms with Gasteiger partial charge in [0.15, 0.2) is 0 Å². The normalized spacial score (nSPS) is 12.6. The van der Waals surface area contributed by atoms with E-state index in [1.54, 1.807) is 13.3 Å². The number of nitrogens with zero attached hydrogens (tertiary/aromatic N) is 1. The fourth-order valence-electron chi connectivity index (χ4n) is 1.01. The fraction of sp³-hybridized carbons (Fsp3) is 0.444. The predicted molar refractivity (Wildman–Crippen MR) is 52.9 cm³/mol. The molecule has 0 N–H and O–H groups in total. The van der Waals surface area contributed by atoms with Crippen molar-refractivity contribution in [2.45, 2.75) is 18.2 Å². The van der Waals surface area contributed by atoms with Crippen LogP contribution in [0.3, 0.4) is 0 Å². The lowest BCUT2D eigenvalue weighted by molar-refractivity contribution is 0.412. The Hall–Kier alpha value is -0.570. The number of hydrogen-bond acceptors (Lipinski definition) is 2. The molecule has 1 unspecified atom stereocenters. The van der Waals surface area contributed by atoms with Crippen molar-refractivity contribution in [3.8, 4) is 5.75 Å². The molecule has 0 radical (unpaired) electrons. The van der Waals surface area contributed by atoms with E-state index in [9.17, 15) is 0 Å². The molecule has 0 aliphatic carbocycles. The minimum atomic E-state index is 0.478. The van der Waals surface area contributed by atoms with Crippen molar-refractivity contribution < 1.29 is 4.74 Å². The van der Waals surface area contributed by atoms with Crippen LogP contribution in [0.4, 0.5) is 0 Å². The second-order valence-corrected chi connectivity index (χ2v) is 4.28. The summed E-state index contributed by atoms with van der Waals surface area (Å²) < 4.78 is 5.06. The molecule has 2 nitrogen and oxygen atoms in total. The fourth-order valence-corrected chi connectivity index (χ4v) is 1.39. The Labute approximate surface area is 81.1 Å². The Morgan fingerprint density at radius 2 is 2.33 bits per heavy atom. The van der Waals surface area contributed by atoms with Crippen molar-refractivity contribution in [2.24, 2.45) is 0 Å². The highest BCUT2D eigenvalue weighted by atomic mass is 79.9. The van der Waals surface area contributed by atoms with E-state index in [0.29, 0.717) is 4.83 Å². The molecule has 1 aromatic heterocycles. The van der Waals surface area contributed by atoms with Crippen molar-refractivity contribution in [2.75, 3.05) is 7.11 Å². The monoisotopic (exact) mass is 229 g/mol. The van der Waals surface area contributed by atoms with Gasteiger partial charge in [0.25, 0.3) is 0 Å². The van der Waals surface area contributed by atoms with Gasteiger partial charge in [-0.3, -0.25) is 4.98 Å². The SMILES string of the molecule is COc1cncc(CC(C)Br)c1. The summed E-state index contributed by atoms with van der Waals surface area (Å²) in [6, 6.07) is 2.00. The first kappa shape index (κ1) is 9.52. The molecular weight excluding hydrogens is 218 g/mol. The third kappa shape index (κ3) is 2.81. The first-order valence-corrected chi connectivity index (χ1v) is 4.76. The third-order valence-corrected chi connectivity index (χ3v) is 1.85. The maximum absolute atomic E-state index is 5.06. The largest absolute Gasteiger partial charge is 0.495 e. The van der Waals surface area contributed by atoms with Gasteiger partial charge in [0, 0.05) is 11.0 Å². The van der Waals surface area contributed by atoms with E-state index in [1.807, 2.05) is 12.3 Å². The van der Waals surface area contributed by atoms with Crippen molar-refractivity contribution >= 4 is 15.9 Å². The molecule has 66 valence electrons. The van der Waals surface area contributed by atoms with Crippen LogP contribution in [-0.2, 0) is 6.42 Å². The summed E-state index contributed by atoms with van der Waals surface area (Å²) in [5.74, 6) is 0.820. The lowest BCUT2D eigenvalue weighted by Gasteiger charge is -2.04. The van der Waals surface area contributed by atoms with E-state index in [1.165, 1.54) is 5.56 Å². The molecule has 1 aromatic rings.